The molecule has 0 saturated carbocycles. The molecule has 2 amide bonds. The SMILES string of the molecule is O=C(NCc1ccc(Cl)cc1)N(CCO)C1CCc2ccccc21. The standard InChI is InChI=1S/C19H21ClN2O2/c20-16-8-5-14(6-9-16)13-21-19(24)22(11-12-23)18-10-7-15-3-1-2-4-17(15)18/h1-6,8-9,18,23H,7,10-13H2,(H,21,24). The van der Waals surface area contributed by atoms with Crippen molar-refractivity contribution in [3.63, 3.8) is 0 Å². The minimum Gasteiger partial charge on any atom is -0.395 e. The lowest BCUT2D eigenvalue weighted by Crippen LogP contribution is -2.43. The third-order valence-electron chi connectivity index (χ3n) is 4.44. The number of rotatable bonds is 5. The van der Waals surface area contributed by atoms with Gasteiger partial charge in [-0.2, -0.15) is 0 Å². The molecule has 0 fully saturated rings. The van der Waals surface area contributed by atoms with E-state index in [-0.39, 0.29) is 18.7 Å². The molecule has 3 rings (SSSR count). The van der Waals surface area contributed by atoms with E-state index in [1.807, 2.05) is 36.4 Å². The monoisotopic (exact) mass is 344 g/mol. The van der Waals surface area contributed by atoms with Crippen LogP contribution in [0.1, 0.15) is 29.2 Å². The number of aryl methyl sites for hydroxylation is 1. The Morgan fingerprint density at radius 1 is 1.21 bits per heavy atom. The molecule has 2 aromatic rings. The van der Waals surface area contributed by atoms with E-state index in [1.54, 1.807) is 4.90 Å². The molecule has 0 radical (unpaired) electrons. The molecule has 0 aliphatic heterocycles. The highest BCUT2D eigenvalue weighted by Crippen LogP contribution is 2.35. The Morgan fingerprint density at radius 3 is 2.71 bits per heavy atom. The highest BCUT2D eigenvalue weighted by molar-refractivity contribution is 6.30. The van der Waals surface area contributed by atoms with Crippen molar-refractivity contribution in [1.82, 2.24) is 10.2 Å². The van der Waals surface area contributed by atoms with Crippen LogP contribution in [-0.4, -0.2) is 29.2 Å². The fraction of sp³-hybridized carbons (Fsp3) is 0.316. The summed E-state index contributed by atoms with van der Waals surface area (Å²) < 4.78 is 0. The van der Waals surface area contributed by atoms with Crippen molar-refractivity contribution in [3.05, 3.63) is 70.2 Å². The molecule has 0 saturated heterocycles. The Hall–Kier alpha value is -2.04. The fourth-order valence-corrected chi connectivity index (χ4v) is 3.37. The Bertz CT molecular complexity index is 703. The van der Waals surface area contributed by atoms with Crippen LogP contribution in [0.2, 0.25) is 5.02 Å². The first-order valence-electron chi connectivity index (χ1n) is 8.16. The van der Waals surface area contributed by atoms with Gasteiger partial charge in [0, 0.05) is 18.1 Å². The lowest BCUT2D eigenvalue weighted by Gasteiger charge is -2.29. The van der Waals surface area contributed by atoms with Gasteiger partial charge in [0.05, 0.1) is 12.6 Å². The summed E-state index contributed by atoms with van der Waals surface area (Å²) in [6, 6.07) is 15.5. The molecular formula is C19H21ClN2O2. The third-order valence-corrected chi connectivity index (χ3v) is 4.69. The van der Waals surface area contributed by atoms with Crippen molar-refractivity contribution in [2.45, 2.75) is 25.4 Å². The number of hydrogen-bond donors (Lipinski definition) is 2. The number of urea groups is 1. The summed E-state index contributed by atoms with van der Waals surface area (Å²) in [7, 11) is 0. The maximum absolute atomic E-state index is 12.6. The number of aliphatic hydroxyl groups is 1. The number of carbonyl (C=O) groups is 1. The first-order chi connectivity index (χ1) is 11.7. The first kappa shape index (κ1) is 16.8. The topological polar surface area (TPSA) is 52.6 Å². The van der Waals surface area contributed by atoms with Crippen molar-refractivity contribution in [2.75, 3.05) is 13.2 Å². The molecule has 1 aliphatic rings. The molecule has 0 heterocycles. The summed E-state index contributed by atoms with van der Waals surface area (Å²) in [5, 5.41) is 13.0. The number of aliphatic hydroxyl groups excluding tert-OH is 1. The Kier molecular flexibility index (Phi) is 5.38. The zero-order chi connectivity index (χ0) is 16.9. The second kappa shape index (κ2) is 7.69. The molecule has 2 aromatic carbocycles. The normalized spacial score (nSPS) is 15.8. The number of benzene rings is 2. The second-order valence-corrected chi connectivity index (χ2v) is 6.39. The van der Waals surface area contributed by atoms with Gasteiger partial charge in [0.25, 0.3) is 0 Å². The van der Waals surface area contributed by atoms with Gasteiger partial charge < -0.3 is 15.3 Å². The summed E-state index contributed by atoms with van der Waals surface area (Å²) >= 11 is 5.88. The molecule has 0 aromatic heterocycles. The zero-order valence-electron chi connectivity index (χ0n) is 13.4. The smallest absolute Gasteiger partial charge is 0.318 e. The van der Waals surface area contributed by atoms with E-state index in [2.05, 4.69) is 17.4 Å². The van der Waals surface area contributed by atoms with E-state index in [9.17, 15) is 9.90 Å². The van der Waals surface area contributed by atoms with Crippen molar-refractivity contribution in [1.29, 1.82) is 0 Å². The van der Waals surface area contributed by atoms with E-state index in [1.165, 1.54) is 11.1 Å². The molecule has 24 heavy (non-hydrogen) atoms. The highest BCUT2D eigenvalue weighted by Gasteiger charge is 2.30. The summed E-state index contributed by atoms with van der Waals surface area (Å²) in [4.78, 5) is 14.4. The van der Waals surface area contributed by atoms with Gasteiger partial charge in [0.1, 0.15) is 0 Å². The van der Waals surface area contributed by atoms with Crippen LogP contribution in [0.15, 0.2) is 48.5 Å². The van der Waals surface area contributed by atoms with E-state index in [0.717, 1.165) is 18.4 Å². The largest absolute Gasteiger partial charge is 0.395 e. The van der Waals surface area contributed by atoms with E-state index < -0.39 is 0 Å². The molecular weight excluding hydrogens is 324 g/mol. The average Bonchev–Trinajstić information content (AvgIpc) is 3.03. The first-order valence-corrected chi connectivity index (χ1v) is 8.54. The Labute approximate surface area is 147 Å². The van der Waals surface area contributed by atoms with Crippen LogP contribution in [-0.2, 0) is 13.0 Å². The van der Waals surface area contributed by atoms with Gasteiger partial charge in [0.2, 0.25) is 0 Å². The third kappa shape index (κ3) is 3.71. The Balaban J connectivity index is 1.69. The number of halogens is 1. The van der Waals surface area contributed by atoms with Gasteiger partial charge in [-0.25, -0.2) is 4.79 Å². The van der Waals surface area contributed by atoms with Gasteiger partial charge in [-0.1, -0.05) is 48.0 Å². The van der Waals surface area contributed by atoms with E-state index >= 15 is 0 Å². The van der Waals surface area contributed by atoms with Crippen LogP contribution in [0, 0.1) is 0 Å². The maximum atomic E-state index is 12.6. The second-order valence-electron chi connectivity index (χ2n) is 5.96. The maximum Gasteiger partial charge on any atom is 0.318 e. The molecule has 1 aliphatic carbocycles. The molecule has 0 bridgehead atoms. The molecule has 4 nitrogen and oxygen atoms in total. The highest BCUT2D eigenvalue weighted by atomic mass is 35.5. The van der Waals surface area contributed by atoms with Gasteiger partial charge in [-0.05, 0) is 41.7 Å². The van der Waals surface area contributed by atoms with E-state index in [0.29, 0.717) is 18.1 Å². The van der Waals surface area contributed by atoms with Crippen LogP contribution in [0.3, 0.4) is 0 Å². The lowest BCUT2D eigenvalue weighted by molar-refractivity contribution is 0.151. The molecule has 1 atom stereocenters. The summed E-state index contributed by atoms with van der Waals surface area (Å²) in [5.41, 5.74) is 3.46. The zero-order valence-corrected chi connectivity index (χ0v) is 14.2. The summed E-state index contributed by atoms with van der Waals surface area (Å²) in [5.74, 6) is 0. The molecule has 2 N–H and O–H groups in total. The Morgan fingerprint density at radius 2 is 1.96 bits per heavy atom. The summed E-state index contributed by atoms with van der Waals surface area (Å²) in [6.07, 6.45) is 1.86. The number of hydrogen-bond acceptors (Lipinski definition) is 2. The van der Waals surface area contributed by atoms with Gasteiger partial charge in [0.15, 0.2) is 0 Å². The molecule has 126 valence electrons. The number of amides is 2. The molecule has 0 spiro atoms. The van der Waals surface area contributed by atoms with E-state index in [4.69, 9.17) is 11.6 Å². The van der Waals surface area contributed by atoms with Crippen LogP contribution in [0.4, 0.5) is 4.79 Å². The molecule has 5 heteroatoms. The van der Waals surface area contributed by atoms with Crippen molar-refractivity contribution in [2.24, 2.45) is 0 Å². The number of fused-ring (bicyclic) bond motifs is 1. The number of nitrogens with zero attached hydrogens (tertiary/aromatic N) is 1. The number of nitrogens with one attached hydrogen (secondary N) is 1. The fourth-order valence-electron chi connectivity index (χ4n) is 3.25. The van der Waals surface area contributed by atoms with Crippen LogP contribution < -0.4 is 5.32 Å². The van der Waals surface area contributed by atoms with Crippen molar-refractivity contribution < 1.29 is 9.90 Å². The number of carbonyl (C=O) groups excluding carboxylic acids is 1. The molecule has 1 unspecified atom stereocenters. The quantitative estimate of drug-likeness (QED) is 0.871. The van der Waals surface area contributed by atoms with Crippen LogP contribution in [0.25, 0.3) is 0 Å². The van der Waals surface area contributed by atoms with Gasteiger partial charge in [-0.15, -0.1) is 0 Å². The lowest BCUT2D eigenvalue weighted by atomic mass is 10.1. The van der Waals surface area contributed by atoms with Crippen molar-refractivity contribution in [3.8, 4) is 0 Å². The van der Waals surface area contributed by atoms with Crippen LogP contribution >= 0.6 is 11.6 Å². The minimum absolute atomic E-state index is 0.0265. The summed E-state index contributed by atoms with van der Waals surface area (Å²) in [6.45, 7) is 0.713. The van der Waals surface area contributed by atoms with Crippen LogP contribution in [0.5, 0.6) is 0 Å². The van der Waals surface area contributed by atoms with Gasteiger partial charge >= 0.3 is 6.03 Å². The van der Waals surface area contributed by atoms with Crippen molar-refractivity contribution >= 4 is 17.6 Å². The minimum atomic E-state index is -0.152. The van der Waals surface area contributed by atoms with Gasteiger partial charge in [-0.3, -0.25) is 0 Å². The predicted octanol–water partition coefficient (Wildman–Crippen LogP) is 3.53. The predicted molar refractivity (Wildman–Crippen MR) is 95.0 cm³/mol. The average molecular weight is 345 g/mol.